The first kappa shape index (κ1) is 54.0. The van der Waals surface area contributed by atoms with E-state index in [2.05, 4.69) is 50.5 Å². The third kappa shape index (κ3) is 11.4. The summed E-state index contributed by atoms with van der Waals surface area (Å²) < 4.78 is 120. The monoisotopic (exact) mass is 1060 g/mol. The Morgan fingerprint density at radius 3 is 1.11 bits per heavy atom. The van der Waals surface area contributed by atoms with E-state index >= 15 is 0 Å². The number of ether oxygens (including phenoxy) is 6. The summed E-state index contributed by atoms with van der Waals surface area (Å²) >= 11 is 0. The molecule has 74 heavy (non-hydrogen) atoms. The molecule has 8 rings (SSSR count). The Labute approximate surface area is 424 Å². The molecule has 0 aliphatic rings. The molecule has 0 N–H and O–H groups in total. The third-order valence-electron chi connectivity index (χ3n) is 11.5. The van der Waals surface area contributed by atoms with Crippen molar-refractivity contribution in [1.29, 1.82) is 0 Å². The van der Waals surface area contributed by atoms with Crippen LogP contribution in [-0.2, 0) is 54.7 Å². The van der Waals surface area contributed by atoms with Crippen molar-refractivity contribution in [2.45, 2.75) is 48.1 Å². The second kappa shape index (κ2) is 22.9. The summed E-state index contributed by atoms with van der Waals surface area (Å²) in [6.45, 7) is 2.94. The Bertz CT molecular complexity index is 3160. The van der Waals surface area contributed by atoms with Crippen molar-refractivity contribution >= 4 is 19.7 Å². The van der Waals surface area contributed by atoms with Crippen molar-refractivity contribution in [2.24, 2.45) is 14.1 Å². The fourth-order valence-electron chi connectivity index (χ4n) is 7.75. The maximum Gasteiger partial charge on any atom is 0.189 e. The topological polar surface area (TPSA) is 272 Å². The van der Waals surface area contributed by atoms with E-state index in [-0.39, 0.29) is 23.3 Å². The van der Waals surface area contributed by atoms with Crippen LogP contribution >= 0.6 is 0 Å². The van der Waals surface area contributed by atoms with Crippen molar-refractivity contribution in [3.05, 3.63) is 121 Å². The highest BCUT2D eigenvalue weighted by Crippen LogP contribution is 2.39. The van der Waals surface area contributed by atoms with Gasteiger partial charge in [0.2, 0.25) is 0 Å². The number of nitrogens with zero attached hydrogens (tertiary/aromatic N) is 14. The average molecular weight is 1060 g/mol. The zero-order valence-corrected chi connectivity index (χ0v) is 43.4. The van der Waals surface area contributed by atoms with Crippen molar-refractivity contribution in [2.75, 3.05) is 42.7 Å². The molecule has 0 fully saturated rings. The van der Waals surface area contributed by atoms with Gasteiger partial charge in [-0.25, -0.2) is 45.6 Å². The molecule has 0 aliphatic carbocycles. The summed E-state index contributed by atoms with van der Waals surface area (Å²) in [5.41, 5.74) is 1.77. The van der Waals surface area contributed by atoms with Gasteiger partial charge in [0.05, 0.1) is 63.7 Å². The molecule has 392 valence electrons. The molecule has 6 heterocycles. The van der Waals surface area contributed by atoms with E-state index in [4.69, 9.17) is 28.4 Å². The summed E-state index contributed by atoms with van der Waals surface area (Å²) in [5.74, 6) is 0.222. The molecule has 24 nitrogen and oxygen atoms in total. The van der Waals surface area contributed by atoms with Crippen LogP contribution in [0, 0.1) is 11.6 Å². The molecule has 2 aromatic carbocycles. The number of aryl methyl sites for hydroxylation is 2. The summed E-state index contributed by atoms with van der Waals surface area (Å²) in [6.07, 6.45) is 5.20. The van der Waals surface area contributed by atoms with E-state index in [1.807, 2.05) is 0 Å². The van der Waals surface area contributed by atoms with Crippen LogP contribution in [0.2, 0.25) is 0 Å². The van der Waals surface area contributed by atoms with E-state index in [1.165, 1.54) is 56.5 Å². The Morgan fingerprint density at radius 2 is 0.838 bits per heavy atom. The van der Waals surface area contributed by atoms with Crippen molar-refractivity contribution < 1.29 is 54.0 Å². The van der Waals surface area contributed by atoms with Crippen LogP contribution in [0.25, 0.3) is 34.4 Å². The average Bonchev–Trinajstić information content (AvgIpc) is 4.22. The number of para-hydroxylation sites is 2. The number of aromatic nitrogens is 14. The molecule has 0 saturated carbocycles. The fraction of sp³-hybridized carbons (Fsp3) is 0.348. The van der Waals surface area contributed by atoms with Gasteiger partial charge in [-0.05, 0) is 50.2 Å². The van der Waals surface area contributed by atoms with Gasteiger partial charge in [0.25, 0.3) is 0 Å². The van der Waals surface area contributed by atoms with Crippen molar-refractivity contribution in [1.82, 2.24) is 69.0 Å². The lowest BCUT2D eigenvalue weighted by Crippen LogP contribution is -2.30. The molecule has 6 aromatic heterocycles. The number of hydrogen-bond donors (Lipinski definition) is 0. The highest BCUT2D eigenvalue weighted by Gasteiger charge is 2.37. The van der Waals surface area contributed by atoms with Crippen LogP contribution in [0.1, 0.15) is 49.4 Å². The maximum absolute atomic E-state index is 13.6. The second-order valence-electron chi connectivity index (χ2n) is 16.2. The predicted octanol–water partition coefficient (Wildman–Crippen LogP) is 4.61. The molecule has 0 radical (unpaired) electrons. The first-order valence-electron chi connectivity index (χ1n) is 22.1. The van der Waals surface area contributed by atoms with Gasteiger partial charge in [0, 0.05) is 40.7 Å². The smallest absolute Gasteiger partial charge is 0.189 e. The van der Waals surface area contributed by atoms with Crippen LogP contribution < -0.4 is 18.9 Å². The van der Waals surface area contributed by atoms with Crippen LogP contribution in [0.5, 0.6) is 23.0 Å². The van der Waals surface area contributed by atoms with Gasteiger partial charge in [0.15, 0.2) is 66.3 Å². The second-order valence-corrected chi connectivity index (χ2v) is 20.9. The summed E-state index contributed by atoms with van der Waals surface area (Å²) in [4.78, 5) is 15.6. The highest BCUT2D eigenvalue weighted by atomic mass is 32.2. The maximum atomic E-state index is 13.6. The molecular weight excluding hydrogens is 1010 g/mol. The lowest BCUT2D eigenvalue weighted by atomic mass is 10.2. The van der Waals surface area contributed by atoms with Crippen LogP contribution in [0.3, 0.4) is 0 Å². The lowest BCUT2D eigenvalue weighted by Gasteiger charge is -2.22. The Morgan fingerprint density at radius 1 is 0.514 bits per heavy atom. The number of hydrogen-bond acceptors (Lipinski definition) is 20. The zero-order chi connectivity index (χ0) is 53.5. The van der Waals surface area contributed by atoms with Gasteiger partial charge in [-0.15, -0.1) is 20.4 Å². The van der Waals surface area contributed by atoms with Crippen molar-refractivity contribution in [3.63, 3.8) is 0 Å². The fourth-order valence-corrected chi connectivity index (χ4v) is 10.6. The summed E-state index contributed by atoms with van der Waals surface area (Å²) in [6, 6.07) is 13.8. The minimum Gasteiger partial charge on any atom is -0.494 e. The van der Waals surface area contributed by atoms with Gasteiger partial charge in [-0.3, -0.25) is 18.5 Å². The van der Waals surface area contributed by atoms with E-state index in [1.54, 1.807) is 93.5 Å². The minimum absolute atomic E-state index is 0.0435. The van der Waals surface area contributed by atoms with Crippen LogP contribution in [0.15, 0.2) is 85.7 Å². The Hall–Kier alpha value is -7.82. The summed E-state index contributed by atoms with van der Waals surface area (Å²) in [7, 11) is 4.27. The summed E-state index contributed by atoms with van der Waals surface area (Å²) in [5, 5.41) is 23.6. The molecule has 0 amide bonds. The molecule has 0 aliphatic heterocycles. The van der Waals surface area contributed by atoms with Gasteiger partial charge in [-0.1, -0.05) is 12.1 Å². The highest BCUT2D eigenvalue weighted by molar-refractivity contribution is 7.91. The first-order chi connectivity index (χ1) is 35.4. The molecular formula is C46H52F2N14O10S2. The first-order valence-corrected chi connectivity index (χ1v) is 25.6. The largest absolute Gasteiger partial charge is 0.494 e. The lowest BCUT2D eigenvalue weighted by molar-refractivity contribution is 0.0945. The third-order valence-corrected chi connectivity index (χ3v) is 15.6. The van der Waals surface area contributed by atoms with Gasteiger partial charge < -0.3 is 28.4 Å². The molecule has 4 atom stereocenters. The van der Waals surface area contributed by atoms with Crippen LogP contribution in [-0.4, -0.2) is 139 Å². The van der Waals surface area contributed by atoms with E-state index in [9.17, 15) is 25.6 Å². The van der Waals surface area contributed by atoms with E-state index in [0.717, 1.165) is 24.8 Å². The SMILES string of the molecule is COc1cccc(OC)c1-n1c(CS(=O)(=O)[C@@H](C)[C@H](OC)c2ncc(F)cn2)nnc1-c1ccn(C)n1.COc1cccc(OC)c1-n1c(CS(=O)(=O)[C@H](C)[C@@H](OC)c2ncc(F)cn2)nnc1-c1ccn(C)n1. The van der Waals surface area contributed by atoms with Gasteiger partial charge in [0.1, 0.15) is 69.5 Å². The quantitative estimate of drug-likeness (QED) is 0.101. The predicted molar refractivity (Wildman–Crippen MR) is 261 cm³/mol. The van der Waals surface area contributed by atoms with Gasteiger partial charge >= 0.3 is 0 Å². The number of benzene rings is 2. The molecule has 0 unspecified atom stereocenters. The minimum atomic E-state index is -3.95. The number of sulfone groups is 2. The molecule has 0 spiro atoms. The molecule has 0 bridgehead atoms. The van der Waals surface area contributed by atoms with E-state index < -0.39 is 65.5 Å². The normalized spacial score (nSPS) is 13.4. The molecule has 28 heteroatoms. The Balaban J connectivity index is 0.000000216. The van der Waals surface area contributed by atoms with Gasteiger partial charge in [-0.2, -0.15) is 10.2 Å². The Kier molecular flexibility index (Phi) is 16.7. The molecule has 0 saturated heterocycles. The zero-order valence-electron chi connectivity index (χ0n) is 41.7. The van der Waals surface area contributed by atoms with E-state index in [0.29, 0.717) is 57.4 Å². The number of methoxy groups -OCH3 is 6. The number of halogens is 2. The molecule has 8 aromatic rings. The standard InChI is InChI=1S/2C23H26FN7O5S/c2*1-14(21(36-5)22-25-11-15(24)12-26-22)37(32,33)13-19-27-28-23(16-9-10-30(2)29-16)31(19)20-17(34-3)7-6-8-18(20)35-4/h2*6-12,14,21H,13H2,1-5H3/t2*14-,21-/m10/s1. The van der Waals surface area contributed by atoms with Crippen molar-refractivity contribution in [3.8, 4) is 57.4 Å². The number of rotatable bonds is 20. The van der Waals surface area contributed by atoms with Crippen LogP contribution in [0.4, 0.5) is 8.78 Å².